The number of nitro benzene ring substituents is 1. The van der Waals surface area contributed by atoms with Crippen LogP contribution in [0.15, 0.2) is 16.6 Å². The monoisotopic (exact) mass is 323 g/mol. The molecule has 0 spiro atoms. The molecule has 17 heavy (non-hydrogen) atoms. The van der Waals surface area contributed by atoms with E-state index in [2.05, 4.69) is 28.6 Å². The highest BCUT2D eigenvalue weighted by molar-refractivity contribution is 9.10. The Morgan fingerprint density at radius 3 is 2.82 bits per heavy atom. The number of ether oxygens (including phenoxy) is 1. The fourth-order valence-corrected chi connectivity index (χ4v) is 1.75. The molecule has 7 heteroatoms. The lowest BCUT2D eigenvalue weighted by Crippen LogP contribution is -2.11. The fourth-order valence-electron chi connectivity index (χ4n) is 1.10. The highest BCUT2D eigenvalue weighted by atomic mass is 79.9. The Morgan fingerprint density at radius 2 is 2.29 bits per heavy atom. The van der Waals surface area contributed by atoms with E-state index < -0.39 is 10.7 Å². The number of hydrogen-bond acceptors (Lipinski definition) is 4. The van der Waals surface area contributed by atoms with E-state index in [0.717, 1.165) is 12.1 Å². The average Bonchev–Trinajstić information content (AvgIpc) is 2.26. The molecule has 0 amide bonds. The molecular formula is C10H11BrFNO3S. The van der Waals surface area contributed by atoms with Crippen LogP contribution in [0.1, 0.15) is 6.92 Å². The van der Waals surface area contributed by atoms with Gasteiger partial charge in [-0.2, -0.15) is 12.6 Å². The van der Waals surface area contributed by atoms with E-state index in [1.165, 1.54) is 0 Å². The molecule has 1 rings (SSSR count). The van der Waals surface area contributed by atoms with Crippen LogP contribution in [-0.4, -0.2) is 17.3 Å². The van der Waals surface area contributed by atoms with E-state index in [1.54, 1.807) is 0 Å². The molecule has 4 nitrogen and oxygen atoms in total. The number of hydrogen-bond donors (Lipinski definition) is 1. The number of benzene rings is 1. The summed E-state index contributed by atoms with van der Waals surface area (Å²) < 4.78 is 18.6. The first-order valence-electron chi connectivity index (χ1n) is 4.82. The summed E-state index contributed by atoms with van der Waals surface area (Å²) in [5, 5.41) is 10.8. The van der Waals surface area contributed by atoms with E-state index >= 15 is 0 Å². The first-order chi connectivity index (χ1) is 7.95. The molecule has 0 N–H and O–H groups in total. The van der Waals surface area contributed by atoms with E-state index in [1.807, 2.05) is 6.92 Å². The molecule has 0 saturated heterocycles. The molecule has 1 unspecified atom stereocenters. The summed E-state index contributed by atoms with van der Waals surface area (Å²) in [6.45, 7) is 2.19. The summed E-state index contributed by atoms with van der Waals surface area (Å²) in [4.78, 5) is 10.1. The number of thiol groups is 1. The summed E-state index contributed by atoms with van der Waals surface area (Å²) >= 11 is 7.13. The van der Waals surface area contributed by atoms with Crippen molar-refractivity contribution < 1.29 is 14.1 Å². The Labute approximate surface area is 112 Å². The van der Waals surface area contributed by atoms with Crippen molar-refractivity contribution in [3.63, 3.8) is 0 Å². The van der Waals surface area contributed by atoms with Gasteiger partial charge in [-0.1, -0.05) is 6.92 Å². The van der Waals surface area contributed by atoms with Crippen molar-refractivity contribution in [3.8, 4) is 5.75 Å². The Kier molecular flexibility index (Phi) is 5.20. The second kappa shape index (κ2) is 6.20. The minimum absolute atomic E-state index is 0.0463. The van der Waals surface area contributed by atoms with Crippen molar-refractivity contribution in [3.05, 3.63) is 32.5 Å². The molecule has 1 aromatic carbocycles. The summed E-state index contributed by atoms with van der Waals surface area (Å²) in [5.74, 6) is 0.116. The zero-order valence-electron chi connectivity index (χ0n) is 9.02. The maximum absolute atomic E-state index is 13.0. The van der Waals surface area contributed by atoms with Crippen molar-refractivity contribution in [2.24, 2.45) is 5.92 Å². The molecule has 0 saturated carbocycles. The molecule has 94 valence electrons. The minimum atomic E-state index is -0.682. The number of halogens is 2. The fraction of sp³-hybridized carbons (Fsp3) is 0.400. The second-order valence-electron chi connectivity index (χ2n) is 3.59. The second-order valence-corrected chi connectivity index (χ2v) is 4.81. The topological polar surface area (TPSA) is 52.4 Å². The molecule has 0 aliphatic heterocycles. The molecule has 0 bridgehead atoms. The number of nitrogens with zero attached hydrogens (tertiary/aromatic N) is 1. The maximum Gasteiger partial charge on any atom is 0.315 e. The standard InChI is InChI=1S/C10H11BrFNO3S/c1-6(5-17)4-16-10-8(11)2-7(12)3-9(10)13(14)15/h2-3,6,17H,4-5H2,1H3. The highest BCUT2D eigenvalue weighted by Gasteiger charge is 2.21. The molecule has 1 aromatic rings. The SMILES string of the molecule is CC(CS)COc1c(Br)cc(F)cc1[N+](=O)[O-]. The smallest absolute Gasteiger partial charge is 0.315 e. The van der Waals surface area contributed by atoms with Crippen LogP contribution < -0.4 is 4.74 Å². The van der Waals surface area contributed by atoms with Gasteiger partial charge in [-0.25, -0.2) is 4.39 Å². The first-order valence-corrected chi connectivity index (χ1v) is 6.25. The predicted octanol–water partition coefficient (Wildman–Crippen LogP) is 3.44. The molecule has 0 aliphatic rings. The Morgan fingerprint density at radius 1 is 1.65 bits per heavy atom. The van der Waals surface area contributed by atoms with Crippen LogP contribution in [0.3, 0.4) is 0 Å². The number of rotatable bonds is 5. The molecular weight excluding hydrogens is 313 g/mol. The van der Waals surface area contributed by atoms with E-state index in [4.69, 9.17) is 4.74 Å². The van der Waals surface area contributed by atoms with Crippen molar-refractivity contribution >= 4 is 34.2 Å². The average molecular weight is 324 g/mol. The summed E-state index contributed by atoms with van der Waals surface area (Å²) in [6, 6.07) is 1.97. The van der Waals surface area contributed by atoms with Crippen molar-refractivity contribution in [1.29, 1.82) is 0 Å². The summed E-state index contributed by atoms with van der Waals surface area (Å²) in [7, 11) is 0. The van der Waals surface area contributed by atoms with E-state index in [9.17, 15) is 14.5 Å². The molecule has 0 aliphatic carbocycles. The van der Waals surface area contributed by atoms with Crippen LogP contribution in [0.4, 0.5) is 10.1 Å². The van der Waals surface area contributed by atoms with E-state index in [0.29, 0.717) is 5.75 Å². The summed E-state index contributed by atoms with van der Waals surface area (Å²) in [6.07, 6.45) is 0. The lowest BCUT2D eigenvalue weighted by molar-refractivity contribution is -0.386. The zero-order chi connectivity index (χ0) is 13.0. The van der Waals surface area contributed by atoms with Gasteiger partial charge < -0.3 is 4.74 Å². The molecule has 1 atom stereocenters. The van der Waals surface area contributed by atoms with Crippen LogP contribution in [0.25, 0.3) is 0 Å². The Balaban J connectivity index is 3.00. The van der Waals surface area contributed by atoms with Crippen LogP contribution in [0.2, 0.25) is 0 Å². The predicted molar refractivity (Wildman–Crippen MR) is 69.3 cm³/mol. The van der Waals surface area contributed by atoms with Gasteiger partial charge in [-0.05, 0) is 33.7 Å². The van der Waals surface area contributed by atoms with Crippen molar-refractivity contribution in [1.82, 2.24) is 0 Å². The van der Waals surface area contributed by atoms with Crippen LogP contribution in [0.5, 0.6) is 5.75 Å². The minimum Gasteiger partial charge on any atom is -0.486 e. The van der Waals surface area contributed by atoms with Gasteiger partial charge in [-0.15, -0.1) is 0 Å². The van der Waals surface area contributed by atoms with E-state index in [-0.39, 0.29) is 28.4 Å². The Bertz CT molecular complexity index is 430. The zero-order valence-corrected chi connectivity index (χ0v) is 11.5. The van der Waals surface area contributed by atoms with Gasteiger partial charge in [0.05, 0.1) is 22.1 Å². The van der Waals surface area contributed by atoms with Gasteiger partial charge in [0, 0.05) is 0 Å². The van der Waals surface area contributed by atoms with Gasteiger partial charge in [0.25, 0.3) is 0 Å². The maximum atomic E-state index is 13.0. The van der Waals surface area contributed by atoms with Gasteiger partial charge >= 0.3 is 5.69 Å². The highest BCUT2D eigenvalue weighted by Crippen LogP contribution is 2.36. The third-order valence-corrected chi connectivity index (χ3v) is 3.22. The number of nitro groups is 1. The molecule has 0 radical (unpaired) electrons. The lowest BCUT2D eigenvalue weighted by Gasteiger charge is -2.12. The van der Waals surface area contributed by atoms with Crippen molar-refractivity contribution in [2.75, 3.05) is 12.4 Å². The van der Waals surface area contributed by atoms with Crippen LogP contribution in [-0.2, 0) is 0 Å². The van der Waals surface area contributed by atoms with Gasteiger partial charge in [-0.3, -0.25) is 10.1 Å². The Hall–Kier alpha value is -0.820. The molecule has 0 heterocycles. The summed E-state index contributed by atoms with van der Waals surface area (Å²) in [5.41, 5.74) is -0.386. The lowest BCUT2D eigenvalue weighted by atomic mass is 10.2. The van der Waals surface area contributed by atoms with Gasteiger partial charge in [0.15, 0.2) is 0 Å². The van der Waals surface area contributed by atoms with Crippen LogP contribution >= 0.6 is 28.6 Å². The van der Waals surface area contributed by atoms with Crippen molar-refractivity contribution in [2.45, 2.75) is 6.92 Å². The van der Waals surface area contributed by atoms with Gasteiger partial charge in [0.1, 0.15) is 5.82 Å². The third-order valence-electron chi connectivity index (χ3n) is 2.01. The quantitative estimate of drug-likeness (QED) is 0.513. The molecule has 0 fully saturated rings. The van der Waals surface area contributed by atoms with Crippen LogP contribution in [0, 0.1) is 21.8 Å². The molecule has 0 aromatic heterocycles. The first kappa shape index (κ1) is 14.2. The normalized spacial score (nSPS) is 12.2. The largest absolute Gasteiger partial charge is 0.486 e. The van der Waals surface area contributed by atoms with Gasteiger partial charge in [0.2, 0.25) is 5.75 Å². The third kappa shape index (κ3) is 3.85.